The van der Waals surface area contributed by atoms with E-state index >= 15 is 0 Å². The Morgan fingerprint density at radius 1 is 1.25 bits per heavy atom. The van der Waals surface area contributed by atoms with Gasteiger partial charge in [0.2, 0.25) is 10.0 Å². The monoisotopic (exact) mass is 420 g/mol. The number of carbonyl (C=O) groups is 1. The van der Waals surface area contributed by atoms with Gasteiger partial charge in [0.05, 0.1) is 18.5 Å². The van der Waals surface area contributed by atoms with E-state index in [1.54, 1.807) is 36.0 Å². The second-order valence-electron chi connectivity index (χ2n) is 6.70. The van der Waals surface area contributed by atoms with Crippen LogP contribution in [0.25, 0.3) is 0 Å². The fourth-order valence-electron chi connectivity index (χ4n) is 3.01. The number of para-hydroxylation sites is 2. The minimum absolute atomic E-state index is 0.0296. The lowest BCUT2D eigenvalue weighted by atomic mass is 10.2. The zero-order valence-corrected chi connectivity index (χ0v) is 17.6. The van der Waals surface area contributed by atoms with Crippen molar-refractivity contribution in [2.45, 2.75) is 18.8 Å². The molecule has 0 unspecified atom stereocenters. The van der Waals surface area contributed by atoms with Crippen LogP contribution in [0.5, 0.6) is 5.75 Å². The van der Waals surface area contributed by atoms with Crippen molar-refractivity contribution in [3.63, 3.8) is 0 Å². The zero-order valence-electron chi connectivity index (χ0n) is 15.9. The Balaban J connectivity index is 1.52. The molecule has 0 spiro atoms. The van der Waals surface area contributed by atoms with Gasteiger partial charge in [0, 0.05) is 18.1 Å². The van der Waals surface area contributed by atoms with E-state index in [2.05, 4.69) is 30.4 Å². The highest BCUT2D eigenvalue weighted by atomic mass is 32.2. The van der Waals surface area contributed by atoms with Crippen LogP contribution in [-0.4, -0.2) is 45.5 Å². The molecule has 0 bridgehead atoms. The summed E-state index contributed by atoms with van der Waals surface area (Å²) in [7, 11) is -3.50. The molecule has 6 nitrogen and oxygen atoms in total. The molecule has 1 amide bonds. The molecule has 28 heavy (non-hydrogen) atoms. The molecular weight excluding hydrogens is 396 g/mol. The Bertz CT molecular complexity index is 947. The number of fused-ring (bicyclic) bond motifs is 1. The third-order valence-corrected chi connectivity index (χ3v) is 6.50. The van der Waals surface area contributed by atoms with Gasteiger partial charge in [-0.15, -0.1) is 0 Å². The molecule has 1 aliphatic heterocycles. The lowest BCUT2D eigenvalue weighted by Gasteiger charge is -2.33. The lowest BCUT2D eigenvalue weighted by molar-refractivity contribution is -0.127. The minimum atomic E-state index is -3.50. The quantitative estimate of drug-likeness (QED) is 0.697. The van der Waals surface area contributed by atoms with Crippen molar-refractivity contribution in [3.8, 4) is 5.75 Å². The molecule has 0 saturated heterocycles. The number of carbonyl (C=O) groups excluding carboxylic acids is 1. The number of nitrogens with one attached hydrogen (secondary N) is 1. The summed E-state index contributed by atoms with van der Waals surface area (Å²) in [5.41, 5.74) is 2.95. The van der Waals surface area contributed by atoms with Crippen LogP contribution in [0.2, 0.25) is 0 Å². The molecule has 1 heterocycles. The first kappa shape index (κ1) is 20.5. The van der Waals surface area contributed by atoms with Crippen LogP contribution in [0.15, 0.2) is 48.5 Å². The predicted molar refractivity (Wildman–Crippen MR) is 113 cm³/mol. The van der Waals surface area contributed by atoms with Gasteiger partial charge in [0.15, 0.2) is 6.10 Å². The predicted octanol–water partition coefficient (Wildman–Crippen LogP) is 2.57. The number of thioether (sulfide) groups is 1. The molecule has 1 N–H and O–H groups in total. The standard InChI is InChI=1S/C20H24N2O4S2/c1-15-6-5-7-16(12-15)14-27-11-10-21-20(23)19-13-22(28(2,24)25)17-8-3-4-9-18(17)26-19/h3-9,12,19H,10-11,13-14H2,1-2H3,(H,21,23)/t19-/m0/s1. The second-order valence-corrected chi connectivity index (χ2v) is 9.71. The molecule has 2 aromatic rings. The Kier molecular flexibility index (Phi) is 6.51. The number of anilines is 1. The number of sulfonamides is 1. The third-order valence-electron chi connectivity index (χ3n) is 4.32. The van der Waals surface area contributed by atoms with Crippen LogP contribution >= 0.6 is 11.8 Å². The summed E-state index contributed by atoms with van der Waals surface area (Å²) in [5.74, 6) is 1.73. The van der Waals surface area contributed by atoms with Crippen LogP contribution in [0, 0.1) is 6.92 Å². The maximum Gasteiger partial charge on any atom is 0.263 e. The average molecular weight is 421 g/mol. The van der Waals surface area contributed by atoms with E-state index in [9.17, 15) is 13.2 Å². The Morgan fingerprint density at radius 3 is 2.79 bits per heavy atom. The van der Waals surface area contributed by atoms with Crippen molar-refractivity contribution in [2.75, 3.05) is 29.4 Å². The van der Waals surface area contributed by atoms with E-state index in [0.29, 0.717) is 18.0 Å². The van der Waals surface area contributed by atoms with E-state index in [-0.39, 0.29) is 12.5 Å². The van der Waals surface area contributed by atoms with Gasteiger partial charge < -0.3 is 10.1 Å². The summed E-state index contributed by atoms with van der Waals surface area (Å²) >= 11 is 1.74. The number of nitrogens with zero attached hydrogens (tertiary/aromatic N) is 1. The molecule has 150 valence electrons. The van der Waals surface area contributed by atoms with Gasteiger partial charge in [0.1, 0.15) is 5.75 Å². The largest absolute Gasteiger partial charge is 0.476 e. The fraction of sp³-hybridized carbons (Fsp3) is 0.350. The molecule has 0 aliphatic carbocycles. The summed E-state index contributed by atoms with van der Waals surface area (Å²) in [6.07, 6.45) is 0.262. The maximum atomic E-state index is 12.5. The number of rotatable bonds is 7. The summed E-state index contributed by atoms with van der Waals surface area (Å²) in [5, 5.41) is 2.85. The average Bonchev–Trinajstić information content (AvgIpc) is 2.66. The summed E-state index contributed by atoms with van der Waals surface area (Å²) in [4.78, 5) is 12.5. The maximum absolute atomic E-state index is 12.5. The van der Waals surface area contributed by atoms with Crippen molar-refractivity contribution in [2.24, 2.45) is 0 Å². The van der Waals surface area contributed by atoms with Crippen molar-refractivity contribution in [1.82, 2.24) is 5.32 Å². The highest BCUT2D eigenvalue weighted by molar-refractivity contribution is 7.98. The third kappa shape index (κ3) is 5.20. The van der Waals surface area contributed by atoms with Gasteiger partial charge in [-0.1, -0.05) is 42.0 Å². The van der Waals surface area contributed by atoms with Crippen LogP contribution in [0.3, 0.4) is 0 Å². The van der Waals surface area contributed by atoms with Crippen LogP contribution < -0.4 is 14.4 Å². The Morgan fingerprint density at radius 2 is 2.04 bits per heavy atom. The van der Waals surface area contributed by atoms with Gasteiger partial charge in [-0.2, -0.15) is 11.8 Å². The first-order valence-electron chi connectivity index (χ1n) is 8.99. The van der Waals surface area contributed by atoms with Crippen molar-refractivity contribution >= 4 is 33.4 Å². The molecule has 2 aromatic carbocycles. The first-order chi connectivity index (χ1) is 13.3. The van der Waals surface area contributed by atoms with Gasteiger partial charge in [-0.3, -0.25) is 9.10 Å². The number of hydrogen-bond acceptors (Lipinski definition) is 5. The van der Waals surface area contributed by atoms with E-state index in [4.69, 9.17) is 4.74 Å². The molecule has 0 radical (unpaired) electrons. The van der Waals surface area contributed by atoms with Crippen molar-refractivity contribution in [3.05, 3.63) is 59.7 Å². The number of benzene rings is 2. The van der Waals surface area contributed by atoms with Gasteiger partial charge >= 0.3 is 0 Å². The van der Waals surface area contributed by atoms with Gasteiger partial charge in [-0.05, 0) is 24.6 Å². The number of ether oxygens (including phenoxy) is 1. The van der Waals surface area contributed by atoms with Crippen LogP contribution in [-0.2, 0) is 20.6 Å². The normalized spacial score (nSPS) is 16.2. The minimum Gasteiger partial charge on any atom is -0.476 e. The summed E-state index contributed by atoms with van der Waals surface area (Å²) in [6, 6.07) is 15.2. The molecular formula is C20H24N2O4S2. The van der Waals surface area contributed by atoms with E-state index < -0.39 is 16.1 Å². The SMILES string of the molecule is Cc1cccc(CSCCNC(=O)[C@@H]2CN(S(C)(=O)=O)c3ccccc3O2)c1. The van der Waals surface area contributed by atoms with Crippen LogP contribution in [0.4, 0.5) is 5.69 Å². The molecule has 0 fully saturated rings. The number of hydrogen-bond donors (Lipinski definition) is 1. The Labute approximate surface area is 170 Å². The lowest BCUT2D eigenvalue weighted by Crippen LogP contribution is -2.50. The van der Waals surface area contributed by atoms with E-state index in [1.165, 1.54) is 15.4 Å². The highest BCUT2D eigenvalue weighted by Gasteiger charge is 2.34. The van der Waals surface area contributed by atoms with E-state index in [0.717, 1.165) is 17.8 Å². The summed E-state index contributed by atoms with van der Waals surface area (Å²) < 4.78 is 31.2. The number of amides is 1. The van der Waals surface area contributed by atoms with Crippen molar-refractivity contribution < 1.29 is 17.9 Å². The van der Waals surface area contributed by atoms with Gasteiger partial charge in [0.25, 0.3) is 5.91 Å². The molecule has 1 atom stereocenters. The first-order valence-corrected chi connectivity index (χ1v) is 12.0. The second kappa shape index (κ2) is 8.87. The number of aryl methyl sites for hydroxylation is 1. The molecule has 0 aromatic heterocycles. The fourth-order valence-corrected chi connectivity index (χ4v) is 4.73. The summed E-state index contributed by atoms with van der Waals surface area (Å²) in [6.45, 7) is 2.53. The topological polar surface area (TPSA) is 75.7 Å². The Hall–Kier alpha value is -2.19. The highest BCUT2D eigenvalue weighted by Crippen LogP contribution is 2.34. The van der Waals surface area contributed by atoms with Crippen LogP contribution in [0.1, 0.15) is 11.1 Å². The smallest absolute Gasteiger partial charge is 0.263 e. The van der Waals surface area contributed by atoms with Gasteiger partial charge in [-0.25, -0.2) is 8.42 Å². The molecule has 8 heteroatoms. The molecule has 0 saturated carbocycles. The molecule has 1 aliphatic rings. The van der Waals surface area contributed by atoms with Crippen molar-refractivity contribution in [1.29, 1.82) is 0 Å². The van der Waals surface area contributed by atoms with E-state index in [1.807, 2.05) is 6.07 Å². The zero-order chi connectivity index (χ0) is 20.1. The molecule has 3 rings (SSSR count).